The summed E-state index contributed by atoms with van der Waals surface area (Å²) in [6.45, 7) is -1.62. The molecule has 1 unspecified atom stereocenters. The van der Waals surface area contributed by atoms with Crippen LogP contribution in [-0.4, -0.2) is 12.4 Å². The summed E-state index contributed by atoms with van der Waals surface area (Å²) in [4.78, 5) is 11.2. The molecule has 0 fully saturated rings. The number of nitrogens with zero attached hydrogens (tertiary/aromatic N) is 1. The van der Waals surface area contributed by atoms with Crippen molar-refractivity contribution in [2.75, 3.05) is 0 Å². The van der Waals surface area contributed by atoms with Gasteiger partial charge in [-0.05, 0) is 30.2 Å². The lowest BCUT2D eigenvalue weighted by Crippen LogP contribution is -2.07. The molecule has 96 valence electrons. The Bertz CT molecular complexity index is 485. The molecule has 0 radical (unpaired) electrons. The number of rotatable bonds is 5. The maximum Gasteiger partial charge on any atom is 0.387 e. The summed E-state index contributed by atoms with van der Waals surface area (Å²) in [6.07, 6.45) is -0.0354. The monoisotopic (exact) mass is 273 g/mol. The molecule has 0 amide bonds. The highest BCUT2D eigenvalue weighted by Gasteiger charge is 2.18. The van der Waals surface area contributed by atoms with Crippen molar-refractivity contribution in [3.63, 3.8) is 0 Å². The van der Waals surface area contributed by atoms with Gasteiger partial charge in [0.2, 0.25) is 0 Å². The number of benzene rings is 1. The number of hydrogen-bond donors (Lipinski definition) is 0. The Kier molecular flexibility index (Phi) is 5.05. The highest BCUT2D eigenvalue weighted by molar-refractivity contribution is 6.30. The maximum absolute atomic E-state index is 12.1. The van der Waals surface area contributed by atoms with E-state index in [0.29, 0.717) is 11.1 Å². The van der Waals surface area contributed by atoms with E-state index in [4.69, 9.17) is 16.9 Å². The molecule has 0 spiro atoms. The molecule has 0 bridgehead atoms. The Balaban J connectivity index is 3.12. The van der Waals surface area contributed by atoms with Gasteiger partial charge < -0.3 is 4.74 Å². The largest absolute Gasteiger partial charge is 0.435 e. The van der Waals surface area contributed by atoms with Crippen LogP contribution in [0, 0.1) is 11.3 Å². The van der Waals surface area contributed by atoms with Crippen LogP contribution < -0.4 is 4.74 Å². The minimum Gasteiger partial charge on any atom is -0.435 e. The predicted molar refractivity (Wildman–Crippen MR) is 61.7 cm³/mol. The average Bonchev–Trinajstić information content (AvgIpc) is 2.28. The fourth-order valence-corrected chi connectivity index (χ4v) is 1.68. The van der Waals surface area contributed by atoms with E-state index < -0.39 is 12.0 Å². The third-order valence-electron chi connectivity index (χ3n) is 2.24. The number of hydrogen-bond acceptors (Lipinski definition) is 3. The van der Waals surface area contributed by atoms with Crippen LogP contribution in [0.1, 0.15) is 23.4 Å². The van der Waals surface area contributed by atoms with Gasteiger partial charge in [-0.2, -0.15) is 14.0 Å². The zero-order valence-corrected chi connectivity index (χ0v) is 10.2. The SMILES string of the molecule is CC(=O)C(Cl)c1ccc(OC(F)F)cc1CC#N. The normalized spacial score (nSPS) is 12.0. The molecule has 18 heavy (non-hydrogen) atoms. The molecule has 6 heteroatoms. The van der Waals surface area contributed by atoms with E-state index in [1.54, 1.807) is 0 Å². The standard InChI is InChI=1S/C12H10ClF2NO2/c1-7(17)11(13)10-3-2-9(18-12(14)15)6-8(10)4-5-16/h2-3,6,11-12H,4H2,1H3. The van der Waals surface area contributed by atoms with Crippen LogP contribution in [0.15, 0.2) is 18.2 Å². The first-order valence-electron chi connectivity index (χ1n) is 5.04. The molecule has 1 atom stereocenters. The van der Waals surface area contributed by atoms with Crippen LogP contribution in [-0.2, 0) is 11.2 Å². The van der Waals surface area contributed by atoms with E-state index in [9.17, 15) is 13.6 Å². The molecule has 0 N–H and O–H groups in total. The summed E-state index contributed by atoms with van der Waals surface area (Å²) < 4.78 is 28.3. The second-order valence-electron chi connectivity index (χ2n) is 3.55. The zero-order valence-electron chi connectivity index (χ0n) is 9.49. The number of ketones is 1. The summed E-state index contributed by atoms with van der Waals surface area (Å²) >= 11 is 5.89. The molecule has 0 heterocycles. The lowest BCUT2D eigenvalue weighted by atomic mass is 10.00. The van der Waals surface area contributed by atoms with Crippen molar-refractivity contribution >= 4 is 17.4 Å². The van der Waals surface area contributed by atoms with Gasteiger partial charge in [-0.15, -0.1) is 11.6 Å². The third-order valence-corrected chi connectivity index (χ3v) is 2.78. The van der Waals surface area contributed by atoms with Crippen molar-refractivity contribution in [2.24, 2.45) is 0 Å². The highest BCUT2D eigenvalue weighted by Crippen LogP contribution is 2.29. The van der Waals surface area contributed by atoms with Gasteiger partial charge >= 0.3 is 6.61 Å². The number of ether oxygens (including phenoxy) is 1. The van der Waals surface area contributed by atoms with E-state index in [1.165, 1.54) is 25.1 Å². The Morgan fingerprint density at radius 3 is 2.72 bits per heavy atom. The van der Waals surface area contributed by atoms with Gasteiger partial charge in [0.1, 0.15) is 11.1 Å². The lowest BCUT2D eigenvalue weighted by molar-refractivity contribution is -0.116. The number of halogens is 3. The third kappa shape index (κ3) is 3.67. The summed E-state index contributed by atoms with van der Waals surface area (Å²) in [5, 5.41) is 7.78. The van der Waals surface area contributed by atoms with Gasteiger partial charge in [-0.3, -0.25) is 4.79 Å². The van der Waals surface area contributed by atoms with Crippen LogP contribution in [0.4, 0.5) is 8.78 Å². The fraction of sp³-hybridized carbons (Fsp3) is 0.333. The number of alkyl halides is 3. The number of nitriles is 1. The van der Waals surface area contributed by atoms with Crippen LogP contribution in [0.2, 0.25) is 0 Å². The Hall–Kier alpha value is -1.67. The van der Waals surface area contributed by atoms with Crippen LogP contribution >= 0.6 is 11.6 Å². The van der Waals surface area contributed by atoms with Crippen molar-refractivity contribution in [3.05, 3.63) is 29.3 Å². The minimum atomic E-state index is -2.94. The topological polar surface area (TPSA) is 50.1 Å². The molecule has 3 nitrogen and oxygen atoms in total. The van der Waals surface area contributed by atoms with Gasteiger partial charge in [0.05, 0.1) is 12.5 Å². The van der Waals surface area contributed by atoms with Gasteiger partial charge in [-0.25, -0.2) is 0 Å². The van der Waals surface area contributed by atoms with Crippen molar-refractivity contribution in [1.29, 1.82) is 5.26 Å². The zero-order chi connectivity index (χ0) is 13.7. The smallest absolute Gasteiger partial charge is 0.387 e. The predicted octanol–water partition coefficient (Wildman–Crippen LogP) is 3.22. The van der Waals surface area contributed by atoms with E-state index in [2.05, 4.69) is 4.74 Å². The molecule has 0 aliphatic carbocycles. The average molecular weight is 274 g/mol. The van der Waals surface area contributed by atoms with E-state index >= 15 is 0 Å². The van der Waals surface area contributed by atoms with Crippen molar-refractivity contribution < 1.29 is 18.3 Å². The number of Topliss-reactive ketones (excluding diaryl/α,β-unsaturated/α-hetero) is 1. The van der Waals surface area contributed by atoms with E-state index in [0.717, 1.165) is 0 Å². The Labute approximate surface area is 108 Å². The second-order valence-corrected chi connectivity index (χ2v) is 3.98. The van der Waals surface area contributed by atoms with Crippen molar-refractivity contribution in [2.45, 2.75) is 25.3 Å². The molecular weight excluding hydrogens is 264 g/mol. The lowest BCUT2D eigenvalue weighted by Gasteiger charge is -2.13. The Morgan fingerprint density at radius 1 is 1.56 bits per heavy atom. The highest BCUT2D eigenvalue weighted by atomic mass is 35.5. The molecule has 1 aromatic rings. The molecule has 0 aliphatic rings. The van der Waals surface area contributed by atoms with Crippen molar-refractivity contribution in [3.8, 4) is 11.8 Å². The molecule has 0 saturated carbocycles. The van der Waals surface area contributed by atoms with Gasteiger partial charge in [0, 0.05) is 0 Å². The van der Waals surface area contributed by atoms with Crippen LogP contribution in [0.5, 0.6) is 5.75 Å². The molecule has 1 rings (SSSR count). The van der Waals surface area contributed by atoms with Gasteiger partial charge in [-0.1, -0.05) is 6.07 Å². The van der Waals surface area contributed by atoms with Crippen LogP contribution in [0.3, 0.4) is 0 Å². The molecule has 0 aliphatic heterocycles. The first-order chi connectivity index (χ1) is 8.45. The molecule has 0 aromatic heterocycles. The molecular formula is C12H10ClF2NO2. The molecule has 1 aromatic carbocycles. The number of carbonyl (C=O) groups excluding carboxylic acids is 1. The van der Waals surface area contributed by atoms with Crippen LogP contribution in [0.25, 0.3) is 0 Å². The van der Waals surface area contributed by atoms with E-state index in [-0.39, 0.29) is 18.0 Å². The van der Waals surface area contributed by atoms with Gasteiger partial charge in [0.25, 0.3) is 0 Å². The van der Waals surface area contributed by atoms with Crippen molar-refractivity contribution in [1.82, 2.24) is 0 Å². The van der Waals surface area contributed by atoms with Gasteiger partial charge in [0.15, 0.2) is 5.78 Å². The van der Waals surface area contributed by atoms with E-state index in [1.807, 2.05) is 6.07 Å². The summed E-state index contributed by atoms with van der Waals surface area (Å²) in [6, 6.07) is 5.89. The summed E-state index contributed by atoms with van der Waals surface area (Å²) in [5.74, 6) is -0.343. The first-order valence-corrected chi connectivity index (χ1v) is 5.48. The second kappa shape index (κ2) is 6.31. The summed E-state index contributed by atoms with van der Waals surface area (Å²) in [5.41, 5.74) is 0.846. The fourth-order valence-electron chi connectivity index (χ4n) is 1.46. The summed E-state index contributed by atoms with van der Waals surface area (Å²) in [7, 11) is 0. The molecule has 0 saturated heterocycles. The first kappa shape index (κ1) is 14.4. The quantitative estimate of drug-likeness (QED) is 0.774. The number of carbonyl (C=O) groups is 1. The maximum atomic E-state index is 12.1. The minimum absolute atomic E-state index is 0.0354. The Morgan fingerprint density at radius 2 is 2.22 bits per heavy atom.